The Kier molecular flexibility index (Phi) is 4.83. The fourth-order valence-corrected chi connectivity index (χ4v) is 3.64. The highest BCUT2D eigenvalue weighted by Crippen LogP contribution is 2.28. The maximum absolute atomic E-state index is 12.9. The largest absolute Gasteiger partial charge is 0.397 e. The van der Waals surface area contributed by atoms with Crippen molar-refractivity contribution in [2.75, 3.05) is 29.0 Å². The van der Waals surface area contributed by atoms with Crippen LogP contribution in [0.1, 0.15) is 28.9 Å². The number of nitrogen functional groups attached to an aromatic ring is 1. The smallest absolute Gasteiger partial charge is 0.276 e. The lowest BCUT2D eigenvalue weighted by molar-refractivity contribution is 0.102. The average molecular weight is 376 g/mol. The molecular formula is C21H24N6O. The number of aromatic nitrogens is 2. The van der Waals surface area contributed by atoms with Gasteiger partial charge in [0.25, 0.3) is 5.91 Å². The number of amides is 1. The zero-order valence-corrected chi connectivity index (χ0v) is 15.9. The van der Waals surface area contributed by atoms with Crippen molar-refractivity contribution in [2.45, 2.75) is 25.8 Å². The number of anilines is 3. The first-order valence-corrected chi connectivity index (χ1v) is 9.44. The molecule has 3 aromatic rings. The lowest BCUT2D eigenvalue weighted by Gasteiger charge is -2.33. The molecule has 7 heteroatoms. The van der Waals surface area contributed by atoms with Gasteiger partial charge >= 0.3 is 0 Å². The Morgan fingerprint density at radius 2 is 2.14 bits per heavy atom. The summed E-state index contributed by atoms with van der Waals surface area (Å²) in [5.74, 6) is -0.350. The summed E-state index contributed by atoms with van der Waals surface area (Å²) in [5.41, 5.74) is 16.2. The molecule has 1 aliphatic heterocycles. The molecule has 7 nitrogen and oxygen atoms in total. The predicted molar refractivity (Wildman–Crippen MR) is 113 cm³/mol. The number of piperidine rings is 1. The van der Waals surface area contributed by atoms with Gasteiger partial charge in [-0.1, -0.05) is 12.1 Å². The molecule has 2 aromatic heterocycles. The molecular weight excluding hydrogens is 352 g/mol. The highest BCUT2D eigenvalue weighted by atomic mass is 16.1. The van der Waals surface area contributed by atoms with Crippen molar-refractivity contribution in [1.82, 2.24) is 9.97 Å². The van der Waals surface area contributed by atoms with E-state index in [1.54, 1.807) is 18.5 Å². The third kappa shape index (κ3) is 3.61. The molecule has 1 aromatic carbocycles. The number of rotatable bonds is 3. The van der Waals surface area contributed by atoms with E-state index in [-0.39, 0.29) is 17.6 Å². The zero-order valence-electron chi connectivity index (χ0n) is 15.9. The van der Waals surface area contributed by atoms with E-state index in [9.17, 15) is 4.79 Å². The minimum absolute atomic E-state index is 0.131. The van der Waals surface area contributed by atoms with Crippen molar-refractivity contribution in [3.8, 4) is 0 Å². The molecule has 1 amide bonds. The van der Waals surface area contributed by atoms with Crippen LogP contribution in [0.3, 0.4) is 0 Å². The molecule has 28 heavy (non-hydrogen) atoms. The molecule has 0 saturated carbocycles. The van der Waals surface area contributed by atoms with Crippen LogP contribution in [0.2, 0.25) is 0 Å². The number of nitrogens with zero attached hydrogens (tertiary/aromatic N) is 3. The van der Waals surface area contributed by atoms with Gasteiger partial charge in [0.1, 0.15) is 0 Å². The number of nitrogens with one attached hydrogen (secondary N) is 1. The molecule has 144 valence electrons. The van der Waals surface area contributed by atoms with Crippen LogP contribution < -0.4 is 21.7 Å². The predicted octanol–water partition coefficient (Wildman–Crippen LogP) is 2.70. The second-order valence-electron chi connectivity index (χ2n) is 7.32. The van der Waals surface area contributed by atoms with Crippen molar-refractivity contribution in [2.24, 2.45) is 5.73 Å². The van der Waals surface area contributed by atoms with Gasteiger partial charge < -0.3 is 21.7 Å². The number of carbonyl (C=O) groups excluding carboxylic acids is 1. The summed E-state index contributed by atoms with van der Waals surface area (Å²) < 4.78 is 0. The number of aryl methyl sites for hydroxylation is 1. The van der Waals surface area contributed by atoms with Crippen molar-refractivity contribution in [3.63, 3.8) is 0 Å². The third-order valence-corrected chi connectivity index (χ3v) is 5.06. The fraction of sp³-hybridized carbons (Fsp3) is 0.286. The van der Waals surface area contributed by atoms with Crippen LogP contribution in [0.5, 0.6) is 0 Å². The van der Waals surface area contributed by atoms with Crippen LogP contribution >= 0.6 is 0 Å². The number of pyridine rings is 2. The standard InChI is InChI=1S/C21H24N6O/c1-13-4-5-14-10-16(23)20(25-17(14)9-13)21(28)26-18-11-24-7-6-19(18)27-8-2-3-15(22)12-27/h4-7,9-11,15H,2-3,8,12,22-23H2,1H3,(H,26,28). The van der Waals surface area contributed by atoms with E-state index in [2.05, 4.69) is 20.2 Å². The maximum Gasteiger partial charge on any atom is 0.276 e. The third-order valence-electron chi connectivity index (χ3n) is 5.06. The first-order valence-electron chi connectivity index (χ1n) is 9.44. The lowest BCUT2D eigenvalue weighted by Crippen LogP contribution is -2.43. The van der Waals surface area contributed by atoms with Gasteiger partial charge in [0, 0.05) is 30.7 Å². The Labute approximate surface area is 163 Å². The van der Waals surface area contributed by atoms with E-state index in [0.29, 0.717) is 11.4 Å². The summed E-state index contributed by atoms with van der Waals surface area (Å²) in [6.45, 7) is 3.64. The summed E-state index contributed by atoms with van der Waals surface area (Å²) in [6, 6.07) is 9.70. The van der Waals surface area contributed by atoms with Crippen LogP contribution in [0, 0.1) is 6.92 Å². The van der Waals surface area contributed by atoms with Crippen molar-refractivity contribution in [3.05, 3.63) is 54.0 Å². The van der Waals surface area contributed by atoms with E-state index in [1.807, 2.05) is 31.2 Å². The lowest BCUT2D eigenvalue weighted by atomic mass is 10.1. The number of benzene rings is 1. The highest BCUT2D eigenvalue weighted by molar-refractivity contribution is 6.09. The van der Waals surface area contributed by atoms with Crippen molar-refractivity contribution < 1.29 is 4.79 Å². The molecule has 3 heterocycles. The summed E-state index contributed by atoms with van der Waals surface area (Å²) in [4.78, 5) is 23.8. The quantitative estimate of drug-likeness (QED) is 0.648. The highest BCUT2D eigenvalue weighted by Gasteiger charge is 2.21. The molecule has 0 aliphatic carbocycles. The number of fused-ring (bicyclic) bond motifs is 1. The molecule has 1 fully saturated rings. The number of hydrogen-bond donors (Lipinski definition) is 3. The van der Waals surface area contributed by atoms with E-state index >= 15 is 0 Å². The Hall–Kier alpha value is -3.19. The zero-order chi connectivity index (χ0) is 19.7. The molecule has 5 N–H and O–H groups in total. The van der Waals surface area contributed by atoms with E-state index < -0.39 is 0 Å². The molecule has 1 unspecified atom stereocenters. The molecule has 0 spiro atoms. The van der Waals surface area contributed by atoms with Gasteiger partial charge in [-0.05, 0) is 43.5 Å². The van der Waals surface area contributed by atoms with Crippen LogP contribution in [-0.4, -0.2) is 35.0 Å². The second kappa shape index (κ2) is 7.44. The van der Waals surface area contributed by atoms with Crippen LogP contribution in [0.25, 0.3) is 10.9 Å². The molecule has 4 rings (SSSR count). The monoisotopic (exact) mass is 376 g/mol. The number of carbonyl (C=O) groups is 1. The molecule has 1 aliphatic rings. The molecule has 0 radical (unpaired) electrons. The van der Waals surface area contributed by atoms with E-state index in [1.165, 1.54) is 0 Å². The normalized spacial score (nSPS) is 16.9. The van der Waals surface area contributed by atoms with Gasteiger partial charge in [0.2, 0.25) is 0 Å². The minimum atomic E-state index is -0.350. The first-order chi connectivity index (χ1) is 13.5. The van der Waals surface area contributed by atoms with Crippen LogP contribution in [0.15, 0.2) is 42.7 Å². The summed E-state index contributed by atoms with van der Waals surface area (Å²) >= 11 is 0. The van der Waals surface area contributed by atoms with Crippen molar-refractivity contribution in [1.29, 1.82) is 0 Å². The minimum Gasteiger partial charge on any atom is -0.397 e. The Balaban J connectivity index is 1.64. The average Bonchev–Trinajstić information content (AvgIpc) is 2.68. The fourth-order valence-electron chi connectivity index (χ4n) is 3.64. The first kappa shape index (κ1) is 18.2. The van der Waals surface area contributed by atoms with Crippen LogP contribution in [-0.2, 0) is 0 Å². The van der Waals surface area contributed by atoms with E-state index in [4.69, 9.17) is 11.5 Å². The van der Waals surface area contributed by atoms with Gasteiger partial charge in [0.15, 0.2) is 5.69 Å². The number of hydrogen-bond acceptors (Lipinski definition) is 6. The Morgan fingerprint density at radius 1 is 1.29 bits per heavy atom. The summed E-state index contributed by atoms with van der Waals surface area (Å²) in [6.07, 6.45) is 5.40. The summed E-state index contributed by atoms with van der Waals surface area (Å²) in [5, 5.41) is 3.84. The second-order valence-corrected chi connectivity index (χ2v) is 7.32. The van der Waals surface area contributed by atoms with Gasteiger partial charge in [-0.15, -0.1) is 0 Å². The van der Waals surface area contributed by atoms with Crippen LogP contribution in [0.4, 0.5) is 17.1 Å². The molecule has 1 saturated heterocycles. The maximum atomic E-state index is 12.9. The molecule has 1 atom stereocenters. The van der Waals surface area contributed by atoms with E-state index in [0.717, 1.165) is 48.1 Å². The van der Waals surface area contributed by atoms with Gasteiger partial charge in [-0.2, -0.15) is 0 Å². The van der Waals surface area contributed by atoms with Crippen molar-refractivity contribution >= 4 is 33.9 Å². The number of nitrogens with two attached hydrogens (primary N) is 2. The van der Waals surface area contributed by atoms with Gasteiger partial charge in [-0.25, -0.2) is 4.98 Å². The Morgan fingerprint density at radius 3 is 2.96 bits per heavy atom. The molecule has 0 bridgehead atoms. The van der Waals surface area contributed by atoms with Gasteiger partial charge in [-0.3, -0.25) is 9.78 Å². The summed E-state index contributed by atoms with van der Waals surface area (Å²) in [7, 11) is 0. The van der Waals surface area contributed by atoms with Gasteiger partial charge in [0.05, 0.1) is 28.8 Å². The SMILES string of the molecule is Cc1ccc2cc(N)c(C(=O)Nc3cnccc3N3CCCC(N)C3)nc2c1. The topological polar surface area (TPSA) is 110 Å². The Bertz CT molecular complexity index is 1030.